The second-order valence-electron chi connectivity index (χ2n) is 6.01. The number of rotatable bonds is 4. The molecule has 4 rings (SSSR count). The van der Waals surface area contributed by atoms with Crippen LogP contribution in [0.15, 0.2) is 55.0 Å². The van der Waals surface area contributed by atoms with Crippen molar-refractivity contribution in [3.05, 3.63) is 71.1 Å². The third-order valence-corrected chi connectivity index (χ3v) is 4.68. The van der Waals surface area contributed by atoms with Crippen LogP contribution in [-0.2, 0) is 6.42 Å². The van der Waals surface area contributed by atoms with E-state index in [1.54, 1.807) is 10.9 Å². The number of benzene rings is 2. The summed E-state index contributed by atoms with van der Waals surface area (Å²) >= 11 is 6.25. The third-order valence-electron chi connectivity index (χ3n) is 4.28. The Morgan fingerprint density at radius 2 is 1.88 bits per heavy atom. The van der Waals surface area contributed by atoms with Gasteiger partial charge in [0, 0.05) is 5.02 Å². The molecule has 2 heterocycles. The molecule has 0 atom stereocenters. The average Bonchev–Trinajstić information content (AvgIpc) is 3.10. The molecule has 0 N–H and O–H groups in total. The molecule has 2 aromatic carbocycles. The highest BCUT2D eigenvalue weighted by molar-refractivity contribution is 6.31. The van der Waals surface area contributed by atoms with Gasteiger partial charge in [0.25, 0.3) is 0 Å². The molecule has 0 amide bonds. The van der Waals surface area contributed by atoms with Crippen molar-refractivity contribution < 1.29 is 4.74 Å². The van der Waals surface area contributed by atoms with E-state index in [1.807, 2.05) is 49.4 Å². The maximum Gasteiger partial charge on any atom is 0.233 e. The molecule has 0 fully saturated rings. The minimum Gasteiger partial charge on any atom is -0.438 e. The zero-order chi connectivity index (χ0) is 18.1. The van der Waals surface area contributed by atoms with Crippen molar-refractivity contribution in [2.45, 2.75) is 20.3 Å². The number of hydrogen-bond donors (Lipinski definition) is 0. The number of hydrogen-bond acceptors (Lipinski definition) is 4. The van der Waals surface area contributed by atoms with Gasteiger partial charge in [-0.1, -0.05) is 36.7 Å². The summed E-state index contributed by atoms with van der Waals surface area (Å²) in [5.74, 6) is 1.21. The van der Waals surface area contributed by atoms with Gasteiger partial charge in [0.2, 0.25) is 5.88 Å². The maximum atomic E-state index is 6.25. The fourth-order valence-corrected chi connectivity index (χ4v) is 2.89. The van der Waals surface area contributed by atoms with Gasteiger partial charge in [-0.05, 0) is 48.7 Å². The Morgan fingerprint density at radius 1 is 1.08 bits per heavy atom. The first-order valence-corrected chi connectivity index (χ1v) is 8.75. The zero-order valence-corrected chi connectivity index (χ0v) is 15.2. The minimum atomic E-state index is 0.476. The monoisotopic (exact) mass is 364 g/mol. The lowest BCUT2D eigenvalue weighted by atomic mass is 10.2. The summed E-state index contributed by atoms with van der Waals surface area (Å²) in [7, 11) is 0. The third kappa shape index (κ3) is 3.02. The summed E-state index contributed by atoms with van der Waals surface area (Å²) in [5, 5.41) is 5.87. The van der Waals surface area contributed by atoms with Crippen LogP contribution in [0.3, 0.4) is 0 Å². The fourth-order valence-electron chi connectivity index (χ4n) is 2.71. The molecule has 6 heteroatoms. The fraction of sp³-hybridized carbons (Fsp3) is 0.150. The lowest BCUT2D eigenvalue weighted by molar-refractivity contribution is 0.468. The van der Waals surface area contributed by atoms with Crippen LogP contribution in [0.1, 0.15) is 18.1 Å². The molecule has 5 nitrogen and oxygen atoms in total. The average molecular weight is 365 g/mol. The molecular formula is C20H17ClN4O. The van der Waals surface area contributed by atoms with Crippen molar-refractivity contribution in [2.75, 3.05) is 0 Å². The number of halogens is 1. The highest BCUT2D eigenvalue weighted by atomic mass is 35.5. The predicted molar refractivity (Wildman–Crippen MR) is 102 cm³/mol. The van der Waals surface area contributed by atoms with Crippen LogP contribution < -0.4 is 4.74 Å². The highest BCUT2D eigenvalue weighted by Gasteiger charge is 2.13. The zero-order valence-electron chi connectivity index (χ0n) is 14.5. The largest absolute Gasteiger partial charge is 0.438 e. The SMILES string of the molecule is CCc1ccc(Oc2ncnc3c2cnn3-c2ccc(C)c(Cl)c2)cc1. The van der Waals surface area contributed by atoms with Crippen molar-refractivity contribution in [3.8, 4) is 17.3 Å². The second kappa shape index (κ2) is 6.77. The number of aromatic nitrogens is 4. The first-order valence-electron chi connectivity index (χ1n) is 8.37. The number of ether oxygens (including phenoxy) is 1. The Morgan fingerprint density at radius 3 is 2.62 bits per heavy atom. The molecule has 0 aliphatic carbocycles. The topological polar surface area (TPSA) is 52.8 Å². The van der Waals surface area contributed by atoms with Gasteiger partial charge in [0.1, 0.15) is 17.5 Å². The van der Waals surface area contributed by atoms with Crippen molar-refractivity contribution in [1.29, 1.82) is 0 Å². The summed E-state index contributed by atoms with van der Waals surface area (Å²) < 4.78 is 7.68. The standard InChI is InChI=1S/C20H17ClN4O/c1-3-14-5-8-16(9-6-14)26-20-17-11-24-25(19(17)22-12-23-20)15-7-4-13(2)18(21)10-15/h4-12H,3H2,1-2H3. The first kappa shape index (κ1) is 16.5. The summed E-state index contributed by atoms with van der Waals surface area (Å²) in [6, 6.07) is 13.8. The molecule has 0 spiro atoms. The molecule has 4 aromatic rings. The van der Waals surface area contributed by atoms with E-state index in [4.69, 9.17) is 16.3 Å². The summed E-state index contributed by atoms with van der Waals surface area (Å²) in [5.41, 5.74) is 3.78. The minimum absolute atomic E-state index is 0.476. The van der Waals surface area contributed by atoms with Crippen LogP contribution in [0, 0.1) is 6.92 Å². The Balaban J connectivity index is 1.73. The summed E-state index contributed by atoms with van der Waals surface area (Å²) in [6.07, 6.45) is 4.18. The van der Waals surface area contributed by atoms with E-state index < -0.39 is 0 Å². The van der Waals surface area contributed by atoms with E-state index in [-0.39, 0.29) is 0 Å². The Labute approximate surface area is 156 Å². The Hall–Kier alpha value is -2.92. The van der Waals surface area contributed by atoms with E-state index in [0.29, 0.717) is 16.5 Å². The van der Waals surface area contributed by atoms with Crippen molar-refractivity contribution in [2.24, 2.45) is 0 Å². The lowest BCUT2D eigenvalue weighted by Crippen LogP contribution is -1.98. The Bertz CT molecular complexity index is 1070. The van der Waals surface area contributed by atoms with Crippen LogP contribution >= 0.6 is 11.6 Å². The van der Waals surface area contributed by atoms with Crippen molar-refractivity contribution in [1.82, 2.24) is 19.7 Å². The van der Waals surface area contributed by atoms with Gasteiger partial charge in [-0.25, -0.2) is 14.6 Å². The molecule has 0 bridgehead atoms. The van der Waals surface area contributed by atoms with Gasteiger partial charge in [0.05, 0.1) is 11.9 Å². The summed E-state index contributed by atoms with van der Waals surface area (Å²) in [4.78, 5) is 8.64. The van der Waals surface area contributed by atoms with E-state index in [0.717, 1.165) is 28.8 Å². The number of nitrogens with zero attached hydrogens (tertiary/aromatic N) is 4. The van der Waals surface area contributed by atoms with Crippen molar-refractivity contribution in [3.63, 3.8) is 0 Å². The first-order chi connectivity index (χ1) is 12.7. The molecule has 0 radical (unpaired) electrons. The van der Waals surface area contributed by atoms with Crippen LogP contribution in [0.5, 0.6) is 11.6 Å². The van der Waals surface area contributed by atoms with E-state index in [9.17, 15) is 0 Å². The highest BCUT2D eigenvalue weighted by Crippen LogP contribution is 2.28. The summed E-state index contributed by atoms with van der Waals surface area (Å²) in [6.45, 7) is 4.08. The molecule has 0 aliphatic heterocycles. The molecule has 0 saturated heterocycles. The lowest BCUT2D eigenvalue weighted by Gasteiger charge is -2.07. The molecule has 26 heavy (non-hydrogen) atoms. The van der Waals surface area contributed by atoms with E-state index in [1.165, 1.54) is 11.9 Å². The van der Waals surface area contributed by atoms with Gasteiger partial charge >= 0.3 is 0 Å². The van der Waals surface area contributed by atoms with Gasteiger partial charge in [-0.2, -0.15) is 5.10 Å². The smallest absolute Gasteiger partial charge is 0.233 e. The molecule has 0 saturated carbocycles. The molecule has 2 aromatic heterocycles. The molecular weight excluding hydrogens is 348 g/mol. The van der Waals surface area contributed by atoms with Crippen LogP contribution in [0.4, 0.5) is 0 Å². The van der Waals surface area contributed by atoms with Gasteiger partial charge in [-0.3, -0.25) is 0 Å². The van der Waals surface area contributed by atoms with E-state index in [2.05, 4.69) is 22.0 Å². The van der Waals surface area contributed by atoms with E-state index >= 15 is 0 Å². The predicted octanol–water partition coefficient (Wildman–Crippen LogP) is 5.13. The number of aryl methyl sites for hydroxylation is 2. The van der Waals surface area contributed by atoms with Gasteiger partial charge in [0.15, 0.2) is 5.65 Å². The number of fused-ring (bicyclic) bond motifs is 1. The van der Waals surface area contributed by atoms with Crippen molar-refractivity contribution >= 4 is 22.6 Å². The van der Waals surface area contributed by atoms with Crippen LogP contribution in [-0.4, -0.2) is 19.7 Å². The quantitative estimate of drug-likeness (QED) is 0.503. The van der Waals surface area contributed by atoms with Crippen LogP contribution in [0.2, 0.25) is 5.02 Å². The molecule has 130 valence electrons. The van der Waals surface area contributed by atoms with Gasteiger partial charge < -0.3 is 4.74 Å². The Kier molecular flexibility index (Phi) is 4.31. The normalized spacial score (nSPS) is 11.0. The van der Waals surface area contributed by atoms with Crippen LogP contribution in [0.25, 0.3) is 16.7 Å². The molecule has 0 aliphatic rings. The van der Waals surface area contributed by atoms with Gasteiger partial charge in [-0.15, -0.1) is 0 Å². The molecule has 0 unspecified atom stereocenters. The second-order valence-corrected chi connectivity index (χ2v) is 6.41. The maximum absolute atomic E-state index is 6.25.